The summed E-state index contributed by atoms with van der Waals surface area (Å²) in [6, 6.07) is 72.9. The quantitative estimate of drug-likeness (QED) is 0.146. The van der Waals surface area contributed by atoms with E-state index in [9.17, 15) is 0 Å². The van der Waals surface area contributed by atoms with E-state index in [-0.39, 0.29) is 0 Å². The van der Waals surface area contributed by atoms with Gasteiger partial charge < -0.3 is 0 Å². The van der Waals surface area contributed by atoms with Crippen molar-refractivity contribution in [3.63, 3.8) is 0 Å². The largest absolute Gasteiger partial charge is 0.254 e. The Balaban J connectivity index is 0.967. The molecule has 0 bridgehead atoms. The van der Waals surface area contributed by atoms with Gasteiger partial charge in [0.05, 0.1) is 34.2 Å². The fraction of sp³-hybridized carbons (Fsp3) is 0. The Morgan fingerprint density at radius 1 is 0.200 bits per heavy atom. The molecule has 4 aromatic heterocycles. The molecule has 10 aromatic rings. The molecular weight excluding hydrogens is 731 g/mol. The number of hydrogen-bond acceptors (Lipinski definition) is 5. The van der Waals surface area contributed by atoms with Crippen LogP contribution in [0.1, 0.15) is 0 Å². The van der Waals surface area contributed by atoms with Crippen LogP contribution in [-0.4, -0.2) is 24.9 Å². The molecule has 0 aliphatic carbocycles. The molecule has 0 saturated heterocycles. The van der Waals surface area contributed by atoms with Gasteiger partial charge in [-0.25, -0.2) is 15.0 Å². The van der Waals surface area contributed by atoms with Crippen molar-refractivity contribution in [1.82, 2.24) is 24.9 Å². The van der Waals surface area contributed by atoms with E-state index in [1.165, 1.54) is 11.1 Å². The van der Waals surface area contributed by atoms with E-state index in [1.807, 2.05) is 85.2 Å². The molecular formula is C55H37N5. The lowest BCUT2D eigenvalue weighted by atomic mass is 9.98. The van der Waals surface area contributed by atoms with Crippen LogP contribution >= 0.6 is 0 Å². The average molecular weight is 768 g/mol. The van der Waals surface area contributed by atoms with Crippen LogP contribution in [-0.2, 0) is 0 Å². The van der Waals surface area contributed by atoms with Gasteiger partial charge in [0.2, 0.25) is 0 Å². The minimum atomic E-state index is 0.677. The number of rotatable bonds is 9. The summed E-state index contributed by atoms with van der Waals surface area (Å²) in [6.07, 6.45) is 3.83. The Morgan fingerprint density at radius 3 is 0.950 bits per heavy atom. The zero-order valence-electron chi connectivity index (χ0n) is 32.6. The smallest absolute Gasteiger partial charge is 0.160 e. The van der Waals surface area contributed by atoms with Gasteiger partial charge in [-0.3, -0.25) is 9.97 Å². The van der Waals surface area contributed by atoms with Gasteiger partial charge in [-0.05, 0) is 63.7 Å². The van der Waals surface area contributed by atoms with E-state index in [0.29, 0.717) is 5.82 Å². The number of hydrogen-bond donors (Lipinski definition) is 0. The molecule has 0 N–H and O–H groups in total. The molecule has 282 valence electrons. The fourth-order valence-corrected chi connectivity index (χ4v) is 7.41. The van der Waals surface area contributed by atoms with Crippen LogP contribution in [0, 0.1) is 0 Å². The highest BCUT2D eigenvalue weighted by atomic mass is 14.9. The van der Waals surface area contributed by atoms with Crippen molar-refractivity contribution in [1.29, 1.82) is 0 Å². The number of pyridine rings is 3. The first-order valence-electron chi connectivity index (χ1n) is 20.0. The summed E-state index contributed by atoms with van der Waals surface area (Å²) in [5.74, 6) is 0.677. The summed E-state index contributed by atoms with van der Waals surface area (Å²) >= 11 is 0. The predicted octanol–water partition coefficient (Wildman–Crippen LogP) is 13.7. The molecule has 0 radical (unpaired) electrons. The second-order valence-electron chi connectivity index (χ2n) is 14.6. The molecule has 5 heteroatoms. The summed E-state index contributed by atoms with van der Waals surface area (Å²) in [5, 5.41) is 0. The highest BCUT2D eigenvalue weighted by Gasteiger charge is 2.14. The van der Waals surface area contributed by atoms with Gasteiger partial charge in [-0.2, -0.15) is 0 Å². The number of benzene rings is 6. The zero-order chi connectivity index (χ0) is 40.1. The maximum Gasteiger partial charge on any atom is 0.160 e. The molecule has 0 amide bonds. The van der Waals surface area contributed by atoms with Crippen molar-refractivity contribution < 1.29 is 0 Å². The molecule has 0 atom stereocenters. The van der Waals surface area contributed by atoms with Gasteiger partial charge in [0.1, 0.15) is 0 Å². The highest BCUT2D eigenvalue weighted by Crippen LogP contribution is 2.33. The van der Waals surface area contributed by atoms with Gasteiger partial charge in [0.15, 0.2) is 5.82 Å². The van der Waals surface area contributed by atoms with E-state index in [1.54, 1.807) is 0 Å². The first-order chi connectivity index (χ1) is 29.7. The third-order valence-electron chi connectivity index (χ3n) is 10.7. The van der Waals surface area contributed by atoms with Crippen LogP contribution in [0.2, 0.25) is 0 Å². The lowest BCUT2D eigenvalue weighted by Gasteiger charge is -2.11. The molecule has 0 aliphatic rings. The molecule has 0 aliphatic heterocycles. The van der Waals surface area contributed by atoms with Gasteiger partial charge in [-0.1, -0.05) is 182 Å². The van der Waals surface area contributed by atoms with E-state index in [4.69, 9.17) is 24.9 Å². The SMILES string of the molecule is c1ccc(-c2ccc(-c3cc(-c4ccc(-c5ccccc5)cn4)nc(-c4ccc(-c5ccc(-c6nc(-c7ccccc7)cc(-c7ccccc7)n6)cc5)cn4)c3)cc2)cc1. The first-order valence-corrected chi connectivity index (χ1v) is 20.0. The zero-order valence-corrected chi connectivity index (χ0v) is 32.6. The van der Waals surface area contributed by atoms with Crippen LogP contribution in [0.25, 0.3) is 101 Å². The Hall–Kier alpha value is -8.15. The lowest BCUT2D eigenvalue weighted by molar-refractivity contribution is 1.18. The third-order valence-corrected chi connectivity index (χ3v) is 10.7. The van der Waals surface area contributed by atoms with Crippen LogP contribution in [0.15, 0.2) is 225 Å². The van der Waals surface area contributed by atoms with Crippen molar-refractivity contribution in [2.75, 3.05) is 0 Å². The number of aromatic nitrogens is 5. The standard InChI is InChI=1S/C55H37N5/c1-5-13-38(14-6-1)40-21-23-42(24-22-40)48-33-53(49-31-29-46(36-56-49)39-15-7-2-8-16-39)58-54(34-48)50-32-30-47(37-57-50)41-25-27-45(28-26-41)55-59-51(43-17-9-3-10-18-43)35-52(60-55)44-19-11-4-12-20-44/h1-37H. The maximum absolute atomic E-state index is 5.13. The van der Waals surface area contributed by atoms with E-state index < -0.39 is 0 Å². The van der Waals surface area contributed by atoms with Crippen molar-refractivity contribution in [3.05, 3.63) is 225 Å². The minimum Gasteiger partial charge on any atom is -0.254 e. The Kier molecular flexibility index (Phi) is 9.88. The summed E-state index contributed by atoms with van der Waals surface area (Å²) in [5.41, 5.74) is 16.6. The van der Waals surface area contributed by atoms with Gasteiger partial charge >= 0.3 is 0 Å². The molecule has 0 spiro atoms. The van der Waals surface area contributed by atoms with E-state index >= 15 is 0 Å². The second kappa shape index (κ2) is 16.4. The van der Waals surface area contributed by atoms with Crippen molar-refractivity contribution >= 4 is 0 Å². The summed E-state index contributed by atoms with van der Waals surface area (Å²) < 4.78 is 0. The van der Waals surface area contributed by atoms with Crippen LogP contribution in [0.4, 0.5) is 0 Å². The molecule has 0 saturated carbocycles. The van der Waals surface area contributed by atoms with Gasteiger partial charge in [0.25, 0.3) is 0 Å². The highest BCUT2D eigenvalue weighted by molar-refractivity contribution is 5.79. The predicted molar refractivity (Wildman–Crippen MR) is 244 cm³/mol. The Bertz CT molecular complexity index is 2850. The molecule has 10 rings (SSSR count). The van der Waals surface area contributed by atoms with Gasteiger partial charge in [0, 0.05) is 40.2 Å². The molecule has 60 heavy (non-hydrogen) atoms. The van der Waals surface area contributed by atoms with E-state index in [0.717, 1.165) is 84.2 Å². The normalized spacial score (nSPS) is 11.0. The van der Waals surface area contributed by atoms with E-state index in [2.05, 4.69) is 140 Å². The third kappa shape index (κ3) is 7.76. The summed E-state index contributed by atoms with van der Waals surface area (Å²) in [6.45, 7) is 0. The van der Waals surface area contributed by atoms with Crippen LogP contribution < -0.4 is 0 Å². The topological polar surface area (TPSA) is 64.5 Å². The van der Waals surface area contributed by atoms with Crippen molar-refractivity contribution in [2.45, 2.75) is 0 Å². The molecule has 5 nitrogen and oxygen atoms in total. The monoisotopic (exact) mass is 767 g/mol. The average Bonchev–Trinajstić information content (AvgIpc) is 3.35. The Morgan fingerprint density at radius 2 is 0.533 bits per heavy atom. The first kappa shape index (κ1) is 36.2. The minimum absolute atomic E-state index is 0.677. The molecule has 4 heterocycles. The van der Waals surface area contributed by atoms with Crippen molar-refractivity contribution in [2.24, 2.45) is 0 Å². The summed E-state index contributed by atoms with van der Waals surface area (Å²) in [7, 11) is 0. The van der Waals surface area contributed by atoms with Gasteiger partial charge in [-0.15, -0.1) is 0 Å². The van der Waals surface area contributed by atoms with Crippen LogP contribution in [0.5, 0.6) is 0 Å². The summed E-state index contributed by atoms with van der Waals surface area (Å²) in [4.78, 5) is 25.0. The molecule has 0 unspecified atom stereocenters. The Labute approximate surface area is 349 Å². The molecule has 0 fully saturated rings. The van der Waals surface area contributed by atoms with Crippen LogP contribution in [0.3, 0.4) is 0 Å². The fourth-order valence-electron chi connectivity index (χ4n) is 7.41. The maximum atomic E-state index is 5.13. The lowest BCUT2D eigenvalue weighted by Crippen LogP contribution is -1.96. The molecule has 6 aromatic carbocycles. The number of nitrogens with zero attached hydrogens (tertiary/aromatic N) is 5. The van der Waals surface area contributed by atoms with Crippen molar-refractivity contribution in [3.8, 4) is 101 Å². The second-order valence-corrected chi connectivity index (χ2v) is 14.6.